The van der Waals surface area contributed by atoms with E-state index in [0.29, 0.717) is 0 Å². The predicted molar refractivity (Wildman–Crippen MR) is 50.4 cm³/mol. The molecule has 0 aromatic heterocycles. The third kappa shape index (κ3) is 3.82. The van der Waals surface area contributed by atoms with Crippen molar-refractivity contribution >= 4 is 0 Å². The van der Waals surface area contributed by atoms with Crippen LogP contribution in [0.1, 0.15) is 26.2 Å². The summed E-state index contributed by atoms with van der Waals surface area (Å²) in [6, 6.07) is 0. The highest BCUT2D eigenvalue weighted by atomic mass is 14.2. The zero-order chi connectivity index (χ0) is 8.10. The minimum absolute atomic E-state index is 1.00. The van der Waals surface area contributed by atoms with Crippen molar-refractivity contribution in [1.82, 2.24) is 0 Å². The van der Waals surface area contributed by atoms with Crippen LogP contribution in [0.2, 0.25) is 0 Å². The second kappa shape index (κ2) is 4.17. The second-order valence-corrected chi connectivity index (χ2v) is 3.22. The van der Waals surface area contributed by atoms with Crippen LogP contribution in [0.5, 0.6) is 0 Å². The van der Waals surface area contributed by atoms with Crippen LogP contribution < -0.4 is 0 Å². The van der Waals surface area contributed by atoms with Crippen molar-refractivity contribution in [2.45, 2.75) is 26.2 Å². The molecule has 0 radical (unpaired) electrons. The van der Waals surface area contributed by atoms with E-state index in [4.69, 9.17) is 0 Å². The molecular weight excluding hydrogens is 132 g/mol. The maximum Gasteiger partial charge on any atom is -0.0319 e. The average molecular weight is 148 g/mol. The summed E-state index contributed by atoms with van der Waals surface area (Å²) in [5, 5.41) is 0. The number of allylic oxidation sites excluding steroid dienone is 5. The largest absolute Gasteiger partial charge is 0.0988 e. The first-order valence-electron chi connectivity index (χ1n) is 4.29. The van der Waals surface area contributed by atoms with Crippen molar-refractivity contribution in [2.75, 3.05) is 0 Å². The van der Waals surface area contributed by atoms with E-state index in [0.717, 1.165) is 5.92 Å². The van der Waals surface area contributed by atoms with Crippen LogP contribution in [0, 0.1) is 5.92 Å². The van der Waals surface area contributed by atoms with E-state index >= 15 is 0 Å². The lowest BCUT2D eigenvalue weighted by molar-refractivity contribution is 0.863. The van der Waals surface area contributed by atoms with Crippen LogP contribution in [-0.4, -0.2) is 0 Å². The molecule has 1 aliphatic rings. The molecule has 0 amide bonds. The molecule has 0 spiro atoms. The molecule has 0 N–H and O–H groups in total. The molecule has 0 aromatic carbocycles. The van der Waals surface area contributed by atoms with Crippen molar-refractivity contribution in [3.63, 3.8) is 0 Å². The molecular formula is C11H16. The van der Waals surface area contributed by atoms with Crippen LogP contribution in [-0.2, 0) is 0 Å². The van der Waals surface area contributed by atoms with Gasteiger partial charge in [0.1, 0.15) is 0 Å². The van der Waals surface area contributed by atoms with E-state index in [9.17, 15) is 0 Å². The zero-order valence-electron chi connectivity index (χ0n) is 7.22. The molecule has 1 fully saturated rings. The summed E-state index contributed by atoms with van der Waals surface area (Å²) in [7, 11) is 0. The minimum Gasteiger partial charge on any atom is -0.0988 e. The molecule has 0 unspecified atom stereocenters. The molecule has 0 aromatic rings. The Morgan fingerprint density at radius 1 is 1.55 bits per heavy atom. The zero-order valence-corrected chi connectivity index (χ0v) is 7.22. The lowest BCUT2D eigenvalue weighted by Crippen LogP contribution is -1.68. The topological polar surface area (TPSA) is 0 Å². The minimum atomic E-state index is 1.00. The molecule has 11 heavy (non-hydrogen) atoms. The highest BCUT2D eigenvalue weighted by Crippen LogP contribution is 2.32. The van der Waals surface area contributed by atoms with E-state index < -0.39 is 0 Å². The Morgan fingerprint density at radius 2 is 2.27 bits per heavy atom. The van der Waals surface area contributed by atoms with E-state index in [-0.39, 0.29) is 0 Å². The Morgan fingerprint density at radius 3 is 2.82 bits per heavy atom. The third-order valence-electron chi connectivity index (χ3n) is 1.98. The lowest BCUT2D eigenvalue weighted by Gasteiger charge is -1.85. The van der Waals surface area contributed by atoms with Gasteiger partial charge in [0, 0.05) is 0 Å². The van der Waals surface area contributed by atoms with E-state index in [1.165, 1.54) is 24.8 Å². The van der Waals surface area contributed by atoms with Gasteiger partial charge < -0.3 is 0 Å². The van der Waals surface area contributed by atoms with Crippen LogP contribution in [0.3, 0.4) is 0 Å². The number of rotatable bonds is 4. The van der Waals surface area contributed by atoms with Gasteiger partial charge in [0.15, 0.2) is 0 Å². The van der Waals surface area contributed by atoms with Crippen LogP contribution in [0.15, 0.2) is 36.5 Å². The van der Waals surface area contributed by atoms with Gasteiger partial charge in [-0.1, -0.05) is 36.5 Å². The van der Waals surface area contributed by atoms with E-state index in [2.05, 4.69) is 31.7 Å². The van der Waals surface area contributed by atoms with Gasteiger partial charge in [0.2, 0.25) is 0 Å². The van der Waals surface area contributed by atoms with Crippen molar-refractivity contribution < 1.29 is 0 Å². The van der Waals surface area contributed by atoms with Gasteiger partial charge in [-0.05, 0) is 32.1 Å². The maximum absolute atomic E-state index is 3.68. The standard InChI is InChI=1S/C11H16/c1-3-10(2)6-4-5-7-11-8-9-11/h3-6,11H,1,7-9H2,2H3/b5-4-,10-6-. The first-order valence-corrected chi connectivity index (χ1v) is 4.29. The van der Waals surface area contributed by atoms with Gasteiger partial charge in [0.05, 0.1) is 0 Å². The summed E-state index contributed by atoms with van der Waals surface area (Å²) in [5.74, 6) is 1.00. The first-order chi connectivity index (χ1) is 5.33. The summed E-state index contributed by atoms with van der Waals surface area (Å²) < 4.78 is 0. The molecule has 60 valence electrons. The summed E-state index contributed by atoms with van der Waals surface area (Å²) in [6.45, 7) is 5.75. The molecule has 0 heteroatoms. The average Bonchev–Trinajstić information content (AvgIpc) is 2.81. The maximum atomic E-state index is 3.68. The van der Waals surface area contributed by atoms with Gasteiger partial charge >= 0.3 is 0 Å². The van der Waals surface area contributed by atoms with Crippen molar-refractivity contribution in [3.8, 4) is 0 Å². The van der Waals surface area contributed by atoms with Crippen molar-refractivity contribution in [3.05, 3.63) is 36.5 Å². The van der Waals surface area contributed by atoms with Crippen LogP contribution in [0.25, 0.3) is 0 Å². The third-order valence-corrected chi connectivity index (χ3v) is 1.98. The van der Waals surface area contributed by atoms with Gasteiger partial charge in [0.25, 0.3) is 0 Å². The highest BCUT2D eigenvalue weighted by Gasteiger charge is 2.18. The fraction of sp³-hybridized carbons (Fsp3) is 0.455. The van der Waals surface area contributed by atoms with Gasteiger partial charge in [-0.3, -0.25) is 0 Å². The predicted octanol–water partition coefficient (Wildman–Crippen LogP) is 3.48. The Hall–Kier alpha value is -0.780. The van der Waals surface area contributed by atoms with Gasteiger partial charge in [-0.2, -0.15) is 0 Å². The van der Waals surface area contributed by atoms with E-state index in [1.807, 2.05) is 6.08 Å². The fourth-order valence-corrected chi connectivity index (χ4v) is 0.912. The summed E-state index contributed by atoms with van der Waals surface area (Å²) in [4.78, 5) is 0. The molecule has 0 aliphatic heterocycles. The molecule has 1 rings (SSSR count). The van der Waals surface area contributed by atoms with Crippen LogP contribution in [0.4, 0.5) is 0 Å². The smallest absolute Gasteiger partial charge is 0.0319 e. The number of hydrogen-bond acceptors (Lipinski definition) is 0. The van der Waals surface area contributed by atoms with Crippen molar-refractivity contribution in [1.29, 1.82) is 0 Å². The quantitative estimate of drug-likeness (QED) is 0.535. The fourth-order valence-electron chi connectivity index (χ4n) is 0.912. The summed E-state index contributed by atoms with van der Waals surface area (Å²) in [5.41, 5.74) is 1.23. The molecule has 1 saturated carbocycles. The molecule has 0 nitrogen and oxygen atoms in total. The second-order valence-electron chi connectivity index (χ2n) is 3.22. The Labute approximate surface area is 69.3 Å². The Bertz CT molecular complexity index is 180. The molecule has 0 bridgehead atoms. The molecule has 0 saturated heterocycles. The van der Waals surface area contributed by atoms with Gasteiger partial charge in [-0.25, -0.2) is 0 Å². The summed E-state index contributed by atoms with van der Waals surface area (Å²) >= 11 is 0. The normalized spacial score (nSPS) is 19.2. The number of hydrogen-bond donors (Lipinski definition) is 0. The molecule has 0 atom stereocenters. The summed E-state index contributed by atoms with van der Waals surface area (Å²) in [6.07, 6.45) is 12.5. The van der Waals surface area contributed by atoms with Crippen molar-refractivity contribution in [2.24, 2.45) is 5.92 Å². The SMILES string of the molecule is C=C/C(C)=C\C=C/CC1CC1. The van der Waals surface area contributed by atoms with E-state index in [1.54, 1.807) is 0 Å². The highest BCUT2D eigenvalue weighted by molar-refractivity contribution is 5.19. The first kappa shape index (κ1) is 8.32. The molecule has 0 heterocycles. The van der Waals surface area contributed by atoms with Gasteiger partial charge in [-0.15, -0.1) is 0 Å². The lowest BCUT2D eigenvalue weighted by atomic mass is 10.2. The Kier molecular flexibility index (Phi) is 3.15. The Balaban J connectivity index is 2.17. The molecule has 1 aliphatic carbocycles. The van der Waals surface area contributed by atoms with Crippen LogP contribution >= 0.6 is 0 Å². The monoisotopic (exact) mass is 148 g/mol.